The summed E-state index contributed by atoms with van der Waals surface area (Å²) < 4.78 is 19.3. The highest BCUT2D eigenvalue weighted by Gasteiger charge is 2.07. The molecule has 0 aliphatic carbocycles. The van der Waals surface area contributed by atoms with E-state index in [4.69, 9.17) is 27.9 Å². The highest BCUT2D eigenvalue weighted by atomic mass is 35.5. The molecule has 0 aliphatic rings. The maximum absolute atomic E-state index is 13.8. The van der Waals surface area contributed by atoms with Crippen LogP contribution in [0.5, 0.6) is 5.75 Å². The van der Waals surface area contributed by atoms with E-state index in [-0.39, 0.29) is 18.2 Å². The fourth-order valence-electron chi connectivity index (χ4n) is 1.77. The van der Waals surface area contributed by atoms with Crippen molar-refractivity contribution in [2.75, 3.05) is 7.05 Å². The van der Waals surface area contributed by atoms with Gasteiger partial charge in [0.2, 0.25) is 0 Å². The summed E-state index contributed by atoms with van der Waals surface area (Å²) in [4.78, 5) is 0. The Morgan fingerprint density at radius 1 is 1.15 bits per heavy atom. The Labute approximate surface area is 127 Å². The van der Waals surface area contributed by atoms with Gasteiger partial charge in [0.25, 0.3) is 0 Å². The van der Waals surface area contributed by atoms with Crippen molar-refractivity contribution in [3.63, 3.8) is 0 Å². The van der Waals surface area contributed by atoms with Gasteiger partial charge >= 0.3 is 0 Å². The van der Waals surface area contributed by atoms with Gasteiger partial charge in [-0.25, -0.2) is 4.39 Å². The number of benzene rings is 2. The molecule has 0 atom stereocenters. The van der Waals surface area contributed by atoms with Gasteiger partial charge in [-0.2, -0.15) is 0 Å². The minimum atomic E-state index is -0.386. The van der Waals surface area contributed by atoms with Crippen molar-refractivity contribution in [3.05, 3.63) is 63.4 Å². The minimum Gasteiger partial charge on any atom is -0.486 e. The Morgan fingerprint density at radius 3 is 2.60 bits per heavy atom. The van der Waals surface area contributed by atoms with E-state index in [0.717, 1.165) is 11.1 Å². The molecular weight excluding hydrogens is 300 g/mol. The van der Waals surface area contributed by atoms with Crippen LogP contribution in [0.4, 0.5) is 4.39 Å². The molecule has 0 fully saturated rings. The second-order valence-electron chi connectivity index (χ2n) is 4.32. The third kappa shape index (κ3) is 3.85. The Morgan fingerprint density at radius 2 is 1.95 bits per heavy atom. The van der Waals surface area contributed by atoms with Crippen molar-refractivity contribution in [3.8, 4) is 5.75 Å². The van der Waals surface area contributed by atoms with E-state index in [2.05, 4.69) is 5.32 Å². The van der Waals surface area contributed by atoms with Crippen LogP contribution in [0, 0.1) is 5.82 Å². The molecule has 0 saturated heterocycles. The quantitative estimate of drug-likeness (QED) is 0.881. The molecule has 0 amide bonds. The first-order chi connectivity index (χ1) is 9.60. The van der Waals surface area contributed by atoms with E-state index in [9.17, 15) is 4.39 Å². The first kappa shape index (κ1) is 15.1. The molecule has 0 heterocycles. The van der Waals surface area contributed by atoms with Gasteiger partial charge in [0.05, 0.1) is 0 Å². The molecule has 0 spiro atoms. The van der Waals surface area contributed by atoms with E-state index in [1.807, 2.05) is 13.1 Å². The Bertz CT molecular complexity index is 604. The predicted octanol–water partition coefficient (Wildman–Crippen LogP) is 4.43. The lowest BCUT2D eigenvalue weighted by Gasteiger charge is -2.10. The van der Waals surface area contributed by atoms with Crippen LogP contribution in [0.25, 0.3) is 0 Å². The van der Waals surface area contributed by atoms with Crippen molar-refractivity contribution >= 4 is 23.2 Å². The van der Waals surface area contributed by atoms with Gasteiger partial charge in [-0.3, -0.25) is 0 Å². The number of hydrogen-bond acceptors (Lipinski definition) is 2. The van der Waals surface area contributed by atoms with Crippen LogP contribution in [-0.4, -0.2) is 7.05 Å². The lowest BCUT2D eigenvalue weighted by molar-refractivity contribution is 0.290. The van der Waals surface area contributed by atoms with E-state index in [0.29, 0.717) is 16.6 Å². The van der Waals surface area contributed by atoms with E-state index in [1.165, 1.54) is 6.07 Å². The zero-order valence-electron chi connectivity index (χ0n) is 10.9. The number of nitrogens with one attached hydrogen (secondary N) is 1. The van der Waals surface area contributed by atoms with Crippen LogP contribution in [-0.2, 0) is 13.2 Å². The van der Waals surface area contributed by atoms with Gasteiger partial charge < -0.3 is 10.1 Å². The molecule has 0 aliphatic heterocycles. The van der Waals surface area contributed by atoms with Crippen LogP contribution >= 0.6 is 23.2 Å². The molecule has 106 valence electrons. The summed E-state index contributed by atoms with van der Waals surface area (Å²) in [6, 6.07) is 10.0. The lowest BCUT2D eigenvalue weighted by atomic mass is 10.2. The largest absolute Gasteiger partial charge is 0.486 e. The Hall–Kier alpha value is -1.29. The van der Waals surface area contributed by atoms with Gasteiger partial charge in [0.1, 0.15) is 6.61 Å². The molecule has 2 rings (SSSR count). The molecule has 2 aromatic rings. The fourth-order valence-corrected chi connectivity index (χ4v) is 2.23. The van der Waals surface area contributed by atoms with E-state index < -0.39 is 0 Å². The van der Waals surface area contributed by atoms with Gasteiger partial charge in [-0.1, -0.05) is 35.3 Å². The predicted molar refractivity (Wildman–Crippen MR) is 80.0 cm³/mol. The van der Waals surface area contributed by atoms with Crippen molar-refractivity contribution in [2.24, 2.45) is 0 Å². The molecule has 0 bridgehead atoms. The second-order valence-corrected chi connectivity index (χ2v) is 5.16. The van der Waals surface area contributed by atoms with Gasteiger partial charge in [0, 0.05) is 22.2 Å². The SMILES string of the molecule is CNCc1ccc(OCc2ccc(Cl)cc2Cl)c(F)c1. The smallest absolute Gasteiger partial charge is 0.165 e. The summed E-state index contributed by atoms with van der Waals surface area (Å²) in [6.07, 6.45) is 0. The van der Waals surface area contributed by atoms with Crippen LogP contribution in [0.2, 0.25) is 10.0 Å². The molecule has 1 N–H and O–H groups in total. The van der Waals surface area contributed by atoms with Gasteiger partial charge in [0.15, 0.2) is 11.6 Å². The number of rotatable bonds is 5. The number of halogens is 3. The lowest BCUT2D eigenvalue weighted by Crippen LogP contribution is -2.05. The van der Waals surface area contributed by atoms with Crippen molar-refractivity contribution in [1.29, 1.82) is 0 Å². The van der Waals surface area contributed by atoms with Crippen molar-refractivity contribution < 1.29 is 9.13 Å². The molecular formula is C15H14Cl2FNO. The Balaban J connectivity index is 2.07. The summed E-state index contributed by atoms with van der Waals surface area (Å²) in [5.41, 5.74) is 1.62. The summed E-state index contributed by atoms with van der Waals surface area (Å²) in [6.45, 7) is 0.804. The topological polar surface area (TPSA) is 21.3 Å². The third-order valence-corrected chi connectivity index (χ3v) is 3.36. The maximum Gasteiger partial charge on any atom is 0.165 e. The molecule has 0 aromatic heterocycles. The highest BCUT2D eigenvalue weighted by Crippen LogP contribution is 2.24. The molecule has 0 unspecified atom stereocenters. The zero-order chi connectivity index (χ0) is 14.5. The van der Waals surface area contributed by atoms with Gasteiger partial charge in [-0.05, 0) is 36.9 Å². The minimum absolute atomic E-state index is 0.193. The van der Waals surface area contributed by atoms with Crippen LogP contribution in [0.3, 0.4) is 0 Å². The average Bonchev–Trinajstić information content (AvgIpc) is 2.40. The molecule has 5 heteroatoms. The summed E-state index contributed by atoms with van der Waals surface area (Å²) in [7, 11) is 1.81. The molecule has 0 radical (unpaired) electrons. The van der Waals surface area contributed by atoms with Crippen LogP contribution < -0.4 is 10.1 Å². The van der Waals surface area contributed by atoms with Crippen molar-refractivity contribution in [2.45, 2.75) is 13.2 Å². The fraction of sp³-hybridized carbons (Fsp3) is 0.200. The van der Waals surface area contributed by atoms with E-state index in [1.54, 1.807) is 24.3 Å². The van der Waals surface area contributed by atoms with Crippen LogP contribution in [0.15, 0.2) is 36.4 Å². The van der Waals surface area contributed by atoms with Crippen molar-refractivity contribution in [1.82, 2.24) is 5.32 Å². The average molecular weight is 314 g/mol. The maximum atomic E-state index is 13.8. The molecule has 0 saturated carbocycles. The number of hydrogen-bond donors (Lipinski definition) is 1. The first-order valence-electron chi connectivity index (χ1n) is 6.10. The molecule has 2 nitrogen and oxygen atoms in total. The standard InChI is InChI=1S/C15H14Cl2FNO/c1-19-8-10-2-5-15(14(18)6-10)20-9-11-3-4-12(16)7-13(11)17/h2-7,19H,8-9H2,1H3. The van der Waals surface area contributed by atoms with E-state index >= 15 is 0 Å². The zero-order valence-corrected chi connectivity index (χ0v) is 12.4. The summed E-state index contributed by atoms with van der Waals surface area (Å²) in [5, 5.41) is 4.03. The monoisotopic (exact) mass is 313 g/mol. The number of ether oxygens (including phenoxy) is 1. The highest BCUT2D eigenvalue weighted by molar-refractivity contribution is 6.35. The third-order valence-electron chi connectivity index (χ3n) is 2.78. The molecule has 2 aromatic carbocycles. The normalized spacial score (nSPS) is 10.6. The Kier molecular flexibility index (Phi) is 5.24. The second kappa shape index (κ2) is 6.93. The summed E-state index contributed by atoms with van der Waals surface area (Å²) >= 11 is 11.9. The molecule has 20 heavy (non-hydrogen) atoms. The first-order valence-corrected chi connectivity index (χ1v) is 6.85. The van der Waals surface area contributed by atoms with Gasteiger partial charge in [-0.15, -0.1) is 0 Å². The van der Waals surface area contributed by atoms with Crippen LogP contribution in [0.1, 0.15) is 11.1 Å². The summed E-state index contributed by atoms with van der Waals surface area (Å²) in [5.74, 6) is -0.182.